The number of amides is 1. The molecular formula is C21H22FN5O. The Balaban J connectivity index is 1.49. The first-order valence-corrected chi connectivity index (χ1v) is 9.35. The highest BCUT2D eigenvalue weighted by Gasteiger charge is 2.35. The van der Waals surface area contributed by atoms with Crippen LogP contribution in [0.4, 0.5) is 10.1 Å². The standard InChI is InChI=1S/C21H22FN5O/c1-23-18(13-15-7-9-16(22)10-8-15)19-14-27(25-24-19)20-11-12-26(21(20)28)17-5-3-2-4-6-17/h2-10,14,18,20,23H,11-13H2,1H3. The van der Waals surface area contributed by atoms with Gasteiger partial charge in [-0.15, -0.1) is 5.10 Å². The van der Waals surface area contributed by atoms with Crippen LogP contribution >= 0.6 is 0 Å². The van der Waals surface area contributed by atoms with E-state index in [4.69, 9.17) is 0 Å². The Morgan fingerprint density at radius 3 is 2.64 bits per heavy atom. The van der Waals surface area contributed by atoms with Crippen molar-refractivity contribution in [2.75, 3.05) is 18.5 Å². The van der Waals surface area contributed by atoms with Crippen LogP contribution in [-0.2, 0) is 11.2 Å². The van der Waals surface area contributed by atoms with Crippen molar-refractivity contribution in [3.63, 3.8) is 0 Å². The van der Waals surface area contributed by atoms with Gasteiger partial charge in [0, 0.05) is 12.2 Å². The summed E-state index contributed by atoms with van der Waals surface area (Å²) in [5.74, 6) is -0.222. The third kappa shape index (κ3) is 3.66. The van der Waals surface area contributed by atoms with E-state index in [9.17, 15) is 9.18 Å². The first kappa shape index (κ1) is 18.3. The Bertz CT molecular complexity index is 941. The molecule has 144 valence electrons. The lowest BCUT2D eigenvalue weighted by Crippen LogP contribution is -2.28. The molecule has 3 aromatic rings. The molecule has 0 bridgehead atoms. The zero-order valence-corrected chi connectivity index (χ0v) is 15.6. The molecule has 1 N–H and O–H groups in total. The smallest absolute Gasteiger partial charge is 0.251 e. The van der Waals surface area contributed by atoms with Crippen LogP contribution in [0.2, 0.25) is 0 Å². The Kier molecular flexibility index (Phi) is 5.16. The maximum absolute atomic E-state index is 13.1. The van der Waals surface area contributed by atoms with Gasteiger partial charge < -0.3 is 10.2 Å². The highest BCUT2D eigenvalue weighted by molar-refractivity contribution is 5.98. The van der Waals surface area contributed by atoms with Crippen LogP contribution in [0, 0.1) is 5.82 Å². The summed E-state index contributed by atoms with van der Waals surface area (Å²) in [5, 5.41) is 11.7. The van der Waals surface area contributed by atoms with E-state index in [-0.39, 0.29) is 23.8 Å². The highest BCUT2D eigenvalue weighted by atomic mass is 19.1. The second-order valence-electron chi connectivity index (χ2n) is 6.93. The van der Waals surface area contributed by atoms with Crippen molar-refractivity contribution in [3.8, 4) is 0 Å². The van der Waals surface area contributed by atoms with E-state index in [1.807, 2.05) is 43.6 Å². The Hall–Kier alpha value is -3.06. The number of benzene rings is 2. The van der Waals surface area contributed by atoms with Crippen LogP contribution in [0.15, 0.2) is 60.8 Å². The number of hydrogen-bond acceptors (Lipinski definition) is 4. The average Bonchev–Trinajstić information content (AvgIpc) is 3.35. The number of carbonyl (C=O) groups excluding carboxylic acids is 1. The summed E-state index contributed by atoms with van der Waals surface area (Å²) in [4.78, 5) is 14.7. The predicted octanol–water partition coefficient (Wildman–Crippen LogP) is 2.90. The molecule has 1 aliphatic rings. The minimum absolute atomic E-state index is 0.0298. The number of halogens is 1. The van der Waals surface area contributed by atoms with Gasteiger partial charge in [0.05, 0.1) is 17.9 Å². The maximum atomic E-state index is 13.1. The largest absolute Gasteiger partial charge is 0.311 e. The number of nitrogens with zero attached hydrogens (tertiary/aromatic N) is 4. The molecule has 1 fully saturated rings. The normalized spacial score (nSPS) is 17.9. The number of para-hydroxylation sites is 1. The first-order chi connectivity index (χ1) is 13.7. The van der Waals surface area contributed by atoms with Gasteiger partial charge in [-0.2, -0.15) is 0 Å². The molecular weight excluding hydrogens is 357 g/mol. The molecule has 1 aromatic heterocycles. The van der Waals surface area contributed by atoms with Gasteiger partial charge in [-0.25, -0.2) is 9.07 Å². The van der Waals surface area contributed by atoms with Crippen molar-refractivity contribution in [1.29, 1.82) is 0 Å². The van der Waals surface area contributed by atoms with Gasteiger partial charge in [0.1, 0.15) is 11.9 Å². The molecule has 0 aliphatic carbocycles. The van der Waals surface area contributed by atoms with Crippen LogP contribution in [0.25, 0.3) is 0 Å². The van der Waals surface area contributed by atoms with Crippen molar-refractivity contribution in [2.45, 2.75) is 24.9 Å². The second-order valence-corrected chi connectivity index (χ2v) is 6.93. The summed E-state index contributed by atoms with van der Waals surface area (Å²) in [6, 6.07) is 15.7. The number of rotatable bonds is 6. The number of aromatic nitrogens is 3. The van der Waals surface area contributed by atoms with Gasteiger partial charge >= 0.3 is 0 Å². The van der Waals surface area contributed by atoms with Gasteiger partial charge in [0.15, 0.2) is 0 Å². The summed E-state index contributed by atoms with van der Waals surface area (Å²) < 4.78 is 14.8. The number of likely N-dealkylation sites (N-methyl/N-ethyl adjacent to an activating group) is 1. The summed E-state index contributed by atoms with van der Waals surface area (Å²) >= 11 is 0. The summed E-state index contributed by atoms with van der Waals surface area (Å²) in [5.41, 5.74) is 2.67. The summed E-state index contributed by atoms with van der Waals surface area (Å²) in [7, 11) is 1.85. The Labute approximate surface area is 163 Å². The van der Waals surface area contributed by atoms with E-state index in [0.29, 0.717) is 19.4 Å². The molecule has 0 radical (unpaired) electrons. The lowest BCUT2D eigenvalue weighted by molar-refractivity contribution is -0.120. The Morgan fingerprint density at radius 2 is 1.93 bits per heavy atom. The molecule has 2 aromatic carbocycles. The summed E-state index contributed by atoms with van der Waals surface area (Å²) in [6.07, 6.45) is 3.19. The van der Waals surface area contributed by atoms with Crippen LogP contribution in [-0.4, -0.2) is 34.5 Å². The van der Waals surface area contributed by atoms with Gasteiger partial charge in [-0.3, -0.25) is 4.79 Å². The predicted molar refractivity (Wildman–Crippen MR) is 104 cm³/mol. The number of carbonyl (C=O) groups is 1. The SMILES string of the molecule is CNC(Cc1ccc(F)cc1)c1cn(C2CCN(c3ccccc3)C2=O)nn1. The third-order valence-electron chi connectivity index (χ3n) is 5.15. The molecule has 2 unspecified atom stereocenters. The molecule has 0 saturated carbocycles. The number of anilines is 1. The third-order valence-corrected chi connectivity index (χ3v) is 5.15. The molecule has 1 amide bonds. The van der Waals surface area contributed by atoms with E-state index in [1.165, 1.54) is 12.1 Å². The topological polar surface area (TPSA) is 63.1 Å². The monoisotopic (exact) mass is 379 g/mol. The molecule has 0 spiro atoms. The van der Waals surface area contributed by atoms with E-state index < -0.39 is 0 Å². The molecule has 28 heavy (non-hydrogen) atoms. The lowest BCUT2D eigenvalue weighted by Gasteiger charge is -2.16. The lowest BCUT2D eigenvalue weighted by atomic mass is 10.0. The van der Waals surface area contributed by atoms with Crippen molar-refractivity contribution in [2.24, 2.45) is 0 Å². The van der Waals surface area contributed by atoms with Gasteiger partial charge in [0.2, 0.25) is 0 Å². The van der Waals surface area contributed by atoms with Crippen LogP contribution in [0.5, 0.6) is 0 Å². The summed E-state index contributed by atoms with van der Waals surface area (Å²) in [6.45, 7) is 0.660. The van der Waals surface area contributed by atoms with Gasteiger partial charge in [-0.1, -0.05) is 35.5 Å². The van der Waals surface area contributed by atoms with E-state index in [2.05, 4.69) is 15.6 Å². The minimum atomic E-state index is -0.343. The van der Waals surface area contributed by atoms with Crippen molar-refractivity contribution in [3.05, 3.63) is 77.9 Å². The van der Waals surface area contributed by atoms with Crippen molar-refractivity contribution < 1.29 is 9.18 Å². The average molecular weight is 379 g/mol. The zero-order chi connectivity index (χ0) is 19.5. The molecule has 6 nitrogen and oxygen atoms in total. The van der Waals surface area contributed by atoms with Gasteiger partial charge in [0.25, 0.3) is 5.91 Å². The van der Waals surface area contributed by atoms with Crippen molar-refractivity contribution >= 4 is 11.6 Å². The fourth-order valence-electron chi connectivity index (χ4n) is 3.59. The fraction of sp³-hybridized carbons (Fsp3) is 0.286. The van der Waals surface area contributed by atoms with E-state index in [1.54, 1.807) is 21.7 Å². The van der Waals surface area contributed by atoms with Crippen LogP contribution < -0.4 is 10.2 Å². The van der Waals surface area contributed by atoms with Crippen molar-refractivity contribution in [1.82, 2.24) is 20.3 Å². The maximum Gasteiger partial charge on any atom is 0.251 e. The molecule has 1 aliphatic heterocycles. The fourth-order valence-corrected chi connectivity index (χ4v) is 3.59. The second kappa shape index (κ2) is 7.90. The van der Waals surface area contributed by atoms with Crippen LogP contribution in [0.3, 0.4) is 0 Å². The van der Waals surface area contributed by atoms with Crippen LogP contribution in [0.1, 0.15) is 29.8 Å². The van der Waals surface area contributed by atoms with Gasteiger partial charge in [-0.05, 0) is 49.7 Å². The van der Waals surface area contributed by atoms with E-state index in [0.717, 1.165) is 16.9 Å². The minimum Gasteiger partial charge on any atom is -0.311 e. The molecule has 2 heterocycles. The number of hydrogen-bond donors (Lipinski definition) is 1. The highest BCUT2D eigenvalue weighted by Crippen LogP contribution is 2.28. The van der Waals surface area contributed by atoms with E-state index >= 15 is 0 Å². The molecule has 4 rings (SSSR count). The zero-order valence-electron chi connectivity index (χ0n) is 15.6. The molecule has 1 saturated heterocycles. The number of nitrogens with one attached hydrogen (secondary N) is 1. The quantitative estimate of drug-likeness (QED) is 0.715. The Morgan fingerprint density at radius 1 is 1.18 bits per heavy atom. The molecule has 7 heteroatoms. The first-order valence-electron chi connectivity index (χ1n) is 9.35. The molecule has 2 atom stereocenters.